The Labute approximate surface area is 276 Å². The van der Waals surface area contributed by atoms with Crippen LogP contribution in [0.4, 0.5) is 5.69 Å². The molecule has 46 heavy (non-hydrogen) atoms. The Morgan fingerprint density at radius 2 is 1.80 bits per heavy atom. The van der Waals surface area contributed by atoms with Gasteiger partial charge < -0.3 is 19.5 Å². The zero-order valence-corrected chi connectivity index (χ0v) is 29.0. The van der Waals surface area contributed by atoms with Crippen LogP contribution in [0.25, 0.3) is 0 Å². The number of thiophene rings is 1. The van der Waals surface area contributed by atoms with Crippen molar-refractivity contribution in [2.75, 3.05) is 38.1 Å². The van der Waals surface area contributed by atoms with Gasteiger partial charge in [-0.1, -0.05) is 31.2 Å². The molecule has 0 fully saturated rings. The molecule has 4 rings (SSSR count). The Morgan fingerprint density at radius 3 is 2.48 bits per heavy atom. The fourth-order valence-corrected chi connectivity index (χ4v) is 8.63. The standard InChI is InChI=1S/C32H43N3O8S3/c1-23-20-35(24(2)22-36)32(37)28-19-26(33-45(38,39)27-12-6-5-7-13-27)15-16-29(28)43-25(3)11-8-9-17-42-30(23)21-34(4)46(40,41)31-14-10-18-44-31/h5-7,10,12-16,18-19,23-25,30,33,36H,8-9,11,17,20-22H2,1-4H3/t23-,24+,25-,30-/m1/s1. The number of carbonyl (C=O) groups excluding carboxylic acids is 1. The Bertz CT molecular complexity index is 1650. The number of sulfonamides is 2. The molecule has 0 radical (unpaired) electrons. The number of ether oxygens (including phenoxy) is 2. The molecule has 11 nitrogen and oxygen atoms in total. The van der Waals surface area contributed by atoms with Crippen molar-refractivity contribution in [3.8, 4) is 5.75 Å². The maximum absolute atomic E-state index is 14.3. The third kappa shape index (κ3) is 8.87. The van der Waals surface area contributed by atoms with Crippen LogP contribution in [0.15, 0.2) is 75.1 Å². The molecule has 0 bridgehead atoms. The highest BCUT2D eigenvalue weighted by molar-refractivity contribution is 7.92. The number of fused-ring (bicyclic) bond motifs is 1. The van der Waals surface area contributed by atoms with Crippen LogP contribution in [-0.4, -0.2) is 88.7 Å². The summed E-state index contributed by atoms with van der Waals surface area (Å²) in [6, 6.07) is 15.1. The monoisotopic (exact) mass is 693 g/mol. The molecule has 252 valence electrons. The Hall–Kier alpha value is -3.01. The van der Waals surface area contributed by atoms with E-state index in [1.54, 1.807) is 54.8 Å². The molecule has 1 amide bonds. The van der Waals surface area contributed by atoms with Crippen molar-refractivity contribution >= 4 is 43.0 Å². The Kier molecular flexibility index (Phi) is 12.2. The van der Waals surface area contributed by atoms with Gasteiger partial charge in [0.15, 0.2) is 0 Å². The summed E-state index contributed by atoms with van der Waals surface area (Å²) in [6.45, 7) is 5.77. The van der Waals surface area contributed by atoms with E-state index in [9.17, 15) is 26.7 Å². The zero-order chi connectivity index (χ0) is 33.5. The molecule has 2 heterocycles. The van der Waals surface area contributed by atoms with Crippen molar-refractivity contribution in [2.24, 2.45) is 5.92 Å². The first-order valence-electron chi connectivity index (χ1n) is 15.2. The molecule has 0 unspecified atom stereocenters. The fraction of sp³-hybridized carbons (Fsp3) is 0.469. The van der Waals surface area contributed by atoms with Gasteiger partial charge in [0.25, 0.3) is 26.0 Å². The topological polar surface area (TPSA) is 143 Å². The molecule has 0 aliphatic carbocycles. The van der Waals surface area contributed by atoms with E-state index < -0.39 is 38.1 Å². The number of anilines is 1. The number of amides is 1. The lowest BCUT2D eigenvalue weighted by Gasteiger charge is -2.35. The van der Waals surface area contributed by atoms with Gasteiger partial charge in [0.2, 0.25) is 0 Å². The number of rotatable bonds is 9. The van der Waals surface area contributed by atoms with Crippen LogP contribution in [0.2, 0.25) is 0 Å². The highest BCUT2D eigenvalue weighted by atomic mass is 32.2. The molecule has 3 aromatic rings. The number of nitrogens with zero attached hydrogens (tertiary/aromatic N) is 2. The van der Waals surface area contributed by atoms with E-state index in [0.29, 0.717) is 18.8 Å². The van der Waals surface area contributed by atoms with Crippen molar-refractivity contribution in [3.05, 3.63) is 71.6 Å². The number of likely N-dealkylation sites (N-methyl/N-ethyl adjacent to an activating group) is 1. The van der Waals surface area contributed by atoms with Crippen molar-refractivity contribution in [2.45, 2.75) is 67.4 Å². The predicted molar refractivity (Wildman–Crippen MR) is 178 cm³/mol. The maximum Gasteiger partial charge on any atom is 0.261 e. The second-order valence-electron chi connectivity index (χ2n) is 11.6. The van der Waals surface area contributed by atoms with Gasteiger partial charge in [-0.2, -0.15) is 4.31 Å². The number of aliphatic hydroxyl groups is 1. The molecule has 1 aromatic heterocycles. The van der Waals surface area contributed by atoms with Gasteiger partial charge in [-0.3, -0.25) is 9.52 Å². The minimum atomic E-state index is -3.93. The summed E-state index contributed by atoms with van der Waals surface area (Å²) in [5.74, 6) is -0.508. The second-order valence-corrected chi connectivity index (χ2v) is 16.5. The van der Waals surface area contributed by atoms with Gasteiger partial charge in [0, 0.05) is 38.3 Å². The second kappa shape index (κ2) is 15.7. The van der Waals surface area contributed by atoms with E-state index in [1.165, 1.54) is 34.5 Å². The van der Waals surface area contributed by atoms with Gasteiger partial charge >= 0.3 is 0 Å². The van der Waals surface area contributed by atoms with Gasteiger partial charge in [-0.05, 0) is 74.9 Å². The van der Waals surface area contributed by atoms with E-state index in [-0.39, 0.29) is 52.1 Å². The van der Waals surface area contributed by atoms with Crippen LogP contribution in [0.3, 0.4) is 0 Å². The molecule has 0 spiro atoms. The molecule has 2 N–H and O–H groups in total. The van der Waals surface area contributed by atoms with Crippen molar-refractivity contribution in [1.82, 2.24) is 9.21 Å². The molecule has 0 saturated carbocycles. The summed E-state index contributed by atoms with van der Waals surface area (Å²) in [6.07, 6.45) is 1.35. The number of benzene rings is 2. The Morgan fingerprint density at radius 1 is 1.07 bits per heavy atom. The molecule has 14 heteroatoms. The normalized spacial score (nSPS) is 21.2. The minimum absolute atomic E-state index is 0.0679. The highest BCUT2D eigenvalue weighted by Gasteiger charge is 2.33. The highest BCUT2D eigenvalue weighted by Crippen LogP contribution is 2.30. The molecule has 1 aliphatic rings. The van der Waals surface area contributed by atoms with Crippen LogP contribution >= 0.6 is 11.3 Å². The van der Waals surface area contributed by atoms with Crippen molar-refractivity contribution < 1.29 is 36.2 Å². The van der Waals surface area contributed by atoms with Crippen molar-refractivity contribution in [3.63, 3.8) is 0 Å². The molecule has 2 aromatic carbocycles. The van der Waals surface area contributed by atoms with E-state index in [1.807, 2.05) is 13.8 Å². The predicted octanol–water partition coefficient (Wildman–Crippen LogP) is 4.67. The van der Waals surface area contributed by atoms with E-state index >= 15 is 0 Å². The largest absolute Gasteiger partial charge is 0.490 e. The van der Waals surface area contributed by atoms with Crippen LogP contribution in [0, 0.1) is 5.92 Å². The molecule has 0 saturated heterocycles. The van der Waals surface area contributed by atoms with Crippen LogP contribution in [-0.2, 0) is 24.8 Å². The third-order valence-corrected chi connectivity index (χ3v) is 12.5. The molecular weight excluding hydrogens is 651 g/mol. The van der Waals surface area contributed by atoms with Gasteiger partial charge in [-0.25, -0.2) is 16.8 Å². The zero-order valence-electron chi connectivity index (χ0n) is 26.5. The molecular formula is C32H43N3O8S3. The lowest BCUT2D eigenvalue weighted by molar-refractivity contribution is -0.00832. The summed E-state index contributed by atoms with van der Waals surface area (Å²) in [5.41, 5.74) is 0.319. The number of aliphatic hydroxyl groups excluding tert-OH is 1. The van der Waals surface area contributed by atoms with Gasteiger partial charge in [-0.15, -0.1) is 11.3 Å². The van der Waals surface area contributed by atoms with Gasteiger partial charge in [0.1, 0.15) is 9.96 Å². The number of carbonyl (C=O) groups is 1. The number of hydrogen-bond donors (Lipinski definition) is 2. The van der Waals surface area contributed by atoms with Crippen LogP contribution < -0.4 is 9.46 Å². The van der Waals surface area contributed by atoms with E-state index in [0.717, 1.165) is 24.2 Å². The number of hydrogen-bond acceptors (Lipinski definition) is 9. The summed E-state index contributed by atoms with van der Waals surface area (Å²) < 4.78 is 69.2. The summed E-state index contributed by atoms with van der Waals surface area (Å²) >= 11 is 1.14. The first kappa shape index (κ1) is 35.8. The first-order chi connectivity index (χ1) is 21.8. The third-order valence-electron chi connectivity index (χ3n) is 7.95. The molecule has 4 atom stereocenters. The lowest BCUT2D eigenvalue weighted by Crippen LogP contribution is -2.48. The van der Waals surface area contributed by atoms with Gasteiger partial charge in [0.05, 0.1) is 35.3 Å². The average Bonchev–Trinajstić information content (AvgIpc) is 3.59. The Balaban J connectivity index is 1.68. The van der Waals surface area contributed by atoms with Crippen LogP contribution in [0.1, 0.15) is 50.4 Å². The summed E-state index contributed by atoms with van der Waals surface area (Å²) in [7, 11) is -6.15. The van der Waals surface area contributed by atoms with E-state index in [4.69, 9.17) is 9.47 Å². The van der Waals surface area contributed by atoms with Crippen LogP contribution in [0.5, 0.6) is 5.75 Å². The average molecular weight is 694 g/mol. The summed E-state index contributed by atoms with van der Waals surface area (Å²) in [4.78, 5) is 15.9. The molecule has 1 aliphatic heterocycles. The quantitative estimate of drug-likeness (QED) is 0.330. The first-order valence-corrected chi connectivity index (χ1v) is 19.1. The summed E-state index contributed by atoms with van der Waals surface area (Å²) in [5, 5.41) is 11.9. The van der Waals surface area contributed by atoms with E-state index in [2.05, 4.69) is 4.72 Å². The lowest BCUT2D eigenvalue weighted by atomic mass is 10.0. The maximum atomic E-state index is 14.3. The van der Waals surface area contributed by atoms with Crippen molar-refractivity contribution in [1.29, 1.82) is 0 Å². The number of nitrogens with one attached hydrogen (secondary N) is 1. The SMILES string of the molecule is C[C@@H]1CCCCO[C@H](CN(C)S(=O)(=O)c2cccs2)[C@H](C)CN([C@@H](C)CO)C(=O)c2cc(NS(=O)(=O)c3ccccc3)ccc2O1. The smallest absolute Gasteiger partial charge is 0.261 e. The fourth-order valence-electron chi connectivity index (χ4n) is 5.18. The minimum Gasteiger partial charge on any atom is -0.490 e.